The molecule has 0 amide bonds. The second-order valence-electron chi connectivity index (χ2n) is 4.60. The predicted molar refractivity (Wildman–Crippen MR) is 79.8 cm³/mol. The molecule has 1 aromatic heterocycles. The van der Waals surface area contributed by atoms with Gasteiger partial charge in [-0.25, -0.2) is 4.79 Å². The van der Waals surface area contributed by atoms with Crippen molar-refractivity contribution in [2.24, 2.45) is 0 Å². The highest BCUT2D eigenvalue weighted by molar-refractivity contribution is 6.12. The lowest BCUT2D eigenvalue weighted by molar-refractivity contribution is 0.103. The minimum absolute atomic E-state index is 0.219. The average molecular weight is 283 g/mol. The molecule has 6 nitrogen and oxygen atoms in total. The van der Waals surface area contributed by atoms with E-state index in [1.807, 2.05) is 0 Å². The molecule has 0 unspecified atom stereocenters. The minimum Gasteiger partial charge on any atom is -0.494 e. The number of aromatic nitrogens is 2. The summed E-state index contributed by atoms with van der Waals surface area (Å²) in [5, 5.41) is 0. The quantitative estimate of drug-likeness (QED) is 0.502. The number of fused-ring (bicyclic) bond motifs is 1. The number of nitrogens with two attached hydrogens (primary N) is 1. The van der Waals surface area contributed by atoms with Crippen molar-refractivity contribution in [3.63, 3.8) is 0 Å². The van der Waals surface area contributed by atoms with Crippen LogP contribution in [0.1, 0.15) is 15.9 Å². The lowest BCUT2D eigenvalue weighted by Crippen LogP contribution is -2.06. The van der Waals surface area contributed by atoms with Crippen LogP contribution in [0.5, 0.6) is 5.75 Å². The predicted octanol–water partition coefficient (Wildman–Crippen LogP) is 1.68. The van der Waals surface area contributed by atoms with Crippen LogP contribution in [0.25, 0.3) is 11.0 Å². The summed E-state index contributed by atoms with van der Waals surface area (Å²) < 4.78 is 5.20. The van der Waals surface area contributed by atoms with Gasteiger partial charge in [-0.05, 0) is 30.3 Å². The maximum absolute atomic E-state index is 12.6. The fourth-order valence-electron chi connectivity index (χ4n) is 2.29. The molecule has 0 saturated heterocycles. The van der Waals surface area contributed by atoms with Gasteiger partial charge in [-0.15, -0.1) is 0 Å². The Bertz CT molecular complexity index is 893. The smallest absolute Gasteiger partial charge is 0.323 e. The molecular formula is C15H13N3O3. The van der Waals surface area contributed by atoms with E-state index in [4.69, 9.17) is 10.5 Å². The van der Waals surface area contributed by atoms with Crippen LogP contribution in [-0.4, -0.2) is 22.9 Å². The highest BCUT2D eigenvalue weighted by Gasteiger charge is 2.17. The number of nitrogens with one attached hydrogen (secondary N) is 2. The van der Waals surface area contributed by atoms with Crippen LogP contribution in [0, 0.1) is 0 Å². The summed E-state index contributed by atoms with van der Waals surface area (Å²) in [4.78, 5) is 29.1. The average Bonchev–Trinajstić information content (AvgIpc) is 2.85. The van der Waals surface area contributed by atoms with Crippen LogP contribution in [0.4, 0.5) is 5.69 Å². The largest absolute Gasteiger partial charge is 0.494 e. The van der Waals surface area contributed by atoms with Gasteiger partial charge in [0.05, 0.1) is 29.4 Å². The summed E-state index contributed by atoms with van der Waals surface area (Å²) in [7, 11) is 1.47. The maximum Gasteiger partial charge on any atom is 0.323 e. The second kappa shape index (κ2) is 4.82. The van der Waals surface area contributed by atoms with Gasteiger partial charge >= 0.3 is 5.69 Å². The number of H-pyrrole nitrogens is 2. The molecule has 0 aliphatic carbocycles. The minimum atomic E-state index is -0.309. The van der Waals surface area contributed by atoms with Crippen molar-refractivity contribution in [2.45, 2.75) is 0 Å². The number of benzene rings is 2. The summed E-state index contributed by atoms with van der Waals surface area (Å²) in [6.07, 6.45) is 0. The van der Waals surface area contributed by atoms with E-state index in [0.29, 0.717) is 33.6 Å². The number of para-hydroxylation sites is 1. The zero-order chi connectivity index (χ0) is 15.0. The molecule has 0 aliphatic rings. The van der Waals surface area contributed by atoms with Gasteiger partial charge in [0.15, 0.2) is 11.5 Å². The van der Waals surface area contributed by atoms with E-state index in [2.05, 4.69) is 9.97 Å². The lowest BCUT2D eigenvalue weighted by atomic mass is 10.0. The molecule has 106 valence electrons. The summed E-state index contributed by atoms with van der Waals surface area (Å²) >= 11 is 0. The number of carbonyl (C=O) groups excluding carboxylic acids is 1. The van der Waals surface area contributed by atoms with Crippen LogP contribution in [0.3, 0.4) is 0 Å². The molecule has 6 heteroatoms. The molecule has 0 fully saturated rings. The number of rotatable bonds is 3. The summed E-state index contributed by atoms with van der Waals surface area (Å²) in [5.41, 5.74) is 7.96. The van der Waals surface area contributed by atoms with Gasteiger partial charge in [0.1, 0.15) is 0 Å². The standard InChI is InChI=1S/C15H13N3O3/c1-21-14-9(3-2-4-10(14)16)13(19)8-5-6-11-12(7-8)18-15(20)17-11/h2-7H,16H2,1H3,(H2,17,18,20). The molecule has 3 rings (SSSR count). The van der Waals surface area contributed by atoms with Crippen molar-refractivity contribution in [3.05, 3.63) is 58.0 Å². The lowest BCUT2D eigenvalue weighted by Gasteiger charge is -2.10. The summed E-state index contributed by atoms with van der Waals surface area (Å²) in [6.45, 7) is 0. The Morgan fingerprint density at radius 1 is 1.14 bits per heavy atom. The zero-order valence-electron chi connectivity index (χ0n) is 11.3. The normalized spacial score (nSPS) is 10.7. The van der Waals surface area contributed by atoms with Gasteiger partial charge in [-0.1, -0.05) is 6.07 Å². The van der Waals surface area contributed by atoms with E-state index in [1.165, 1.54) is 7.11 Å². The number of hydrogen-bond donors (Lipinski definition) is 3. The van der Waals surface area contributed by atoms with Gasteiger partial charge in [-0.2, -0.15) is 0 Å². The molecule has 0 radical (unpaired) electrons. The maximum atomic E-state index is 12.6. The fraction of sp³-hybridized carbons (Fsp3) is 0.0667. The van der Waals surface area contributed by atoms with E-state index in [0.717, 1.165) is 0 Å². The molecule has 0 spiro atoms. The van der Waals surface area contributed by atoms with E-state index in [9.17, 15) is 9.59 Å². The monoisotopic (exact) mass is 283 g/mol. The third-order valence-electron chi connectivity index (χ3n) is 3.27. The number of carbonyl (C=O) groups is 1. The number of imidazole rings is 1. The molecule has 0 atom stereocenters. The first kappa shape index (κ1) is 13.0. The Morgan fingerprint density at radius 2 is 1.90 bits per heavy atom. The van der Waals surface area contributed by atoms with Crippen molar-refractivity contribution in [3.8, 4) is 5.75 Å². The number of aromatic amines is 2. The van der Waals surface area contributed by atoms with Crippen molar-refractivity contribution in [1.29, 1.82) is 0 Å². The van der Waals surface area contributed by atoms with Crippen LogP contribution < -0.4 is 16.2 Å². The Hall–Kier alpha value is -3.02. The third kappa shape index (κ3) is 2.16. The third-order valence-corrected chi connectivity index (χ3v) is 3.27. The van der Waals surface area contributed by atoms with Crippen LogP contribution in [0.2, 0.25) is 0 Å². The molecule has 4 N–H and O–H groups in total. The second-order valence-corrected chi connectivity index (χ2v) is 4.60. The van der Waals surface area contributed by atoms with Gasteiger partial charge in [0.25, 0.3) is 0 Å². The summed E-state index contributed by atoms with van der Waals surface area (Å²) in [6, 6.07) is 9.97. The Morgan fingerprint density at radius 3 is 2.67 bits per heavy atom. The Kier molecular flexibility index (Phi) is 2.98. The highest BCUT2D eigenvalue weighted by Crippen LogP contribution is 2.28. The van der Waals surface area contributed by atoms with E-state index in [-0.39, 0.29) is 11.5 Å². The SMILES string of the molecule is COc1c(N)cccc1C(=O)c1ccc2[nH]c(=O)[nH]c2c1. The van der Waals surface area contributed by atoms with Crippen LogP contribution in [-0.2, 0) is 0 Å². The number of ether oxygens (including phenoxy) is 1. The molecule has 0 aliphatic heterocycles. The number of methoxy groups -OCH3 is 1. The van der Waals surface area contributed by atoms with Gasteiger partial charge in [0, 0.05) is 5.56 Å². The van der Waals surface area contributed by atoms with Gasteiger partial charge < -0.3 is 20.4 Å². The molecule has 0 bridgehead atoms. The van der Waals surface area contributed by atoms with E-state index < -0.39 is 0 Å². The molecule has 21 heavy (non-hydrogen) atoms. The van der Waals surface area contributed by atoms with Gasteiger partial charge in [0.2, 0.25) is 0 Å². The first-order chi connectivity index (χ1) is 10.1. The van der Waals surface area contributed by atoms with Crippen molar-refractivity contribution < 1.29 is 9.53 Å². The zero-order valence-corrected chi connectivity index (χ0v) is 11.3. The number of hydrogen-bond acceptors (Lipinski definition) is 4. The Labute approximate surface area is 119 Å². The molecule has 3 aromatic rings. The van der Waals surface area contributed by atoms with Crippen molar-refractivity contribution >= 4 is 22.5 Å². The first-order valence-corrected chi connectivity index (χ1v) is 6.29. The number of anilines is 1. The van der Waals surface area contributed by atoms with Gasteiger partial charge in [-0.3, -0.25) is 4.79 Å². The molecule has 0 saturated carbocycles. The van der Waals surface area contributed by atoms with Crippen molar-refractivity contribution in [2.75, 3.05) is 12.8 Å². The number of ketones is 1. The molecule has 1 heterocycles. The number of nitrogen functional groups attached to an aromatic ring is 1. The van der Waals surface area contributed by atoms with Crippen LogP contribution >= 0.6 is 0 Å². The molecular weight excluding hydrogens is 270 g/mol. The topological polar surface area (TPSA) is 101 Å². The highest BCUT2D eigenvalue weighted by atomic mass is 16.5. The fourth-order valence-corrected chi connectivity index (χ4v) is 2.29. The van der Waals surface area contributed by atoms with E-state index >= 15 is 0 Å². The van der Waals surface area contributed by atoms with E-state index in [1.54, 1.807) is 36.4 Å². The molecule has 2 aromatic carbocycles. The van der Waals surface area contributed by atoms with Crippen molar-refractivity contribution in [1.82, 2.24) is 9.97 Å². The Balaban J connectivity index is 2.12. The van der Waals surface area contributed by atoms with Crippen LogP contribution in [0.15, 0.2) is 41.2 Å². The summed E-state index contributed by atoms with van der Waals surface area (Å²) in [5.74, 6) is 0.133. The first-order valence-electron chi connectivity index (χ1n) is 6.29.